The van der Waals surface area contributed by atoms with Gasteiger partial charge in [-0.05, 0) is 25.1 Å². The summed E-state index contributed by atoms with van der Waals surface area (Å²) in [6.45, 7) is 1.52. The normalized spacial score (nSPS) is 13.2. The molecule has 1 aliphatic rings. The van der Waals surface area contributed by atoms with Gasteiger partial charge in [-0.1, -0.05) is 11.3 Å². The van der Waals surface area contributed by atoms with E-state index in [1.54, 1.807) is 18.2 Å². The molecule has 0 fully saturated rings. The Hall–Kier alpha value is -3.14. The summed E-state index contributed by atoms with van der Waals surface area (Å²) in [5, 5.41) is 13.1. The van der Waals surface area contributed by atoms with Crippen molar-refractivity contribution in [3.05, 3.63) is 45.3 Å². The van der Waals surface area contributed by atoms with Gasteiger partial charge in [-0.2, -0.15) is 0 Å². The van der Waals surface area contributed by atoms with Gasteiger partial charge in [0, 0.05) is 17.8 Å². The van der Waals surface area contributed by atoms with Gasteiger partial charge < -0.3 is 19.5 Å². The molecule has 1 atom stereocenters. The molecule has 0 spiro atoms. The van der Waals surface area contributed by atoms with E-state index in [4.69, 9.17) is 14.2 Å². The van der Waals surface area contributed by atoms with Crippen molar-refractivity contribution in [3.8, 4) is 11.5 Å². The van der Waals surface area contributed by atoms with Gasteiger partial charge in [-0.3, -0.25) is 14.9 Å². The molecule has 25 heavy (non-hydrogen) atoms. The van der Waals surface area contributed by atoms with Crippen LogP contribution in [0, 0.1) is 10.1 Å². The Bertz CT molecular complexity index is 848. The highest BCUT2D eigenvalue weighted by Gasteiger charge is 2.23. The number of nitrogens with zero attached hydrogens (tertiary/aromatic N) is 1. The molecular weight excluding hydrogens is 352 g/mol. The van der Waals surface area contributed by atoms with Crippen molar-refractivity contribution in [2.45, 2.75) is 13.0 Å². The topological polar surface area (TPSA) is 117 Å². The molecule has 1 aliphatic heterocycles. The van der Waals surface area contributed by atoms with Crippen molar-refractivity contribution in [3.63, 3.8) is 0 Å². The lowest BCUT2D eigenvalue weighted by molar-refractivity contribution is -0.380. The van der Waals surface area contributed by atoms with Crippen LogP contribution in [0.15, 0.2) is 30.3 Å². The van der Waals surface area contributed by atoms with Gasteiger partial charge in [-0.15, -0.1) is 0 Å². The van der Waals surface area contributed by atoms with Gasteiger partial charge in [0.25, 0.3) is 5.91 Å². The van der Waals surface area contributed by atoms with E-state index in [-0.39, 0.29) is 16.7 Å². The van der Waals surface area contributed by atoms with E-state index in [0.29, 0.717) is 28.5 Å². The monoisotopic (exact) mass is 364 g/mol. The molecule has 3 rings (SSSR count). The Morgan fingerprint density at radius 1 is 1.28 bits per heavy atom. The largest absolute Gasteiger partial charge is 0.454 e. The Morgan fingerprint density at radius 3 is 2.76 bits per heavy atom. The van der Waals surface area contributed by atoms with Crippen molar-refractivity contribution in [2.24, 2.45) is 0 Å². The summed E-state index contributed by atoms with van der Waals surface area (Å²) in [6, 6.07) is 7.37. The van der Waals surface area contributed by atoms with Crippen LogP contribution >= 0.6 is 11.3 Å². The first kappa shape index (κ1) is 16.7. The zero-order valence-corrected chi connectivity index (χ0v) is 13.7. The average Bonchev–Trinajstić information content (AvgIpc) is 3.23. The summed E-state index contributed by atoms with van der Waals surface area (Å²) in [7, 11) is 0. The Balaban J connectivity index is 1.60. The second-order valence-electron chi connectivity index (χ2n) is 5.00. The molecule has 130 valence electrons. The fraction of sp³-hybridized carbons (Fsp3) is 0.200. The summed E-state index contributed by atoms with van der Waals surface area (Å²) >= 11 is 0.684. The molecule has 9 nitrogen and oxygen atoms in total. The highest BCUT2D eigenvalue weighted by Crippen LogP contribution is 2.34. The number of amides is 1. The number of anilines is 1. The Labute approximate surface area is 145 Å². The first-order valence-corrected chi connectivity index (χ1v) is 7.91. The van der Waals surface area contributed by atoms with Crippen LogP contribution in [0.2, 0.25) is 0 Å². The second-order valence-corrected chi connectivity index (χ2v) is 6.06. The number of rotatable bonds is 5. The summed E-state index contributed by atoms with van der Waals surface area (Å²) in [6.07, 6.45) is -1.08. The van der Waals surface area contributed by atoms with E-state index in [9.17, 15) is 19.7 Å². The van der Waals surface area contributed by atoms with Crippen LogP contribution in [0.3, 0.4) is 0 Å². The molecule has 0 aliphatic carbocycles. The van der Waals surface area contributed by atoms with Crippen LogP contribution in [-0.4, -0.2) is 29.7 Å². The van der Waals surface area contributed by atoms with Gasteiger partial charge in [0.1, 0.15) is 4.88 Å². The van der Waals surface area contributed by atoms with E-state index in [2.05, 4.69) is 5.32 Å². The fourth-order valence-corrected chi connectivity index (χ4v) is 2.73. The summed E-state index contributed by atoms with van der Waals surface area (Å²) in [5.41, 5.74) is 0.462. The van der Waals surface area contributed by atoms with Gasteiger partial charge >= 0.3 is 11.0 Å². The number of hydrogen-bond donors (Lipinski definition) is 1. The molecule has 2 heterocycles. The molecule has 1 N–H and O–H groups in total. The molecule has 2 aromatic rings. The fourth-order valence-electron chi connectivity index (χ4n) is 2.03. The van der Waals surface area contributed by atoms with Crippen LogP contribution < -0.4 is 14.8 Å². The van der Waals surface area contributed by atoms with Crippen molar-refractivity contribution in [2.75, 3.05) is 12.1 Å². The van der Waals surface area contributed by atoms with Gasteiger partial charge in [0.15, 0.2) is 17.6 Å². The van der Waals surface area contributed by atoms with E-state index in [1.165, 1.54) is 19.1 Å². The van der Waals surface area contributed by atoms with E-state index in [1.807, 2.05) is 0 Å². The van der Waals surface area contributed by atoms with Gasteiger partial charge in [0.05, 0.1) is 4.92 Å². The zero-order valence-electron chi connectivity index (χ0n) is 12.9. The number of carbonyl (C=O) groups is 2. The van der Waals surface area contributed by atoms with Crippen LogP contribution in [-0.2, 0) is 9.53 Å². The maximum absolute atomic E-state index is 12.1. The third-order valence-electron chi connectivity index (χ3n) is 3.27. The van der Waals surface area contributed by atoms with Crippen molar-refractivity contribution in [1.29, 1.82) is 0 Å². The van der Waals surface area contributed by atoms with E-state index >= 15 is 0 Å². The predicted octanol–water partition coefficient (Wildman–Crippen LogP) is 2.57. The maximum Gasteiger partial charge on any atom is 0.349 e. The molecule has 1 aromatic heterocycles. The lowest BCUT2D eigenvalue weighted by Gasteiger charge is -2.13. The van der Waals surface area contributed by atoms with Crippen LogP contribution in [0.5, 0.6) is 11.5 Å². The second kappa shape index (κ2) is 6.77. The smallest absolute Gasteiger partial charge is 0.349 e. The molecule has 10 heteroatoms. The quantitative estimate of drug-likeness (QED) is 0.492. The Kier molecular flexibility index (Phi) is 4.52. The number of benzene rings is 1. The summed E-state index contributed by atoms with van der Waals surface area (Å²) < 4.78 is 15.4. The number of thiophene rings is 1. The van der Waals surface area contributed by atoms with Crippen molar-refractivity contribution >= 4 is 33.9 Å². The van der Waals surface area contributed by atoms with Crippen LogP contribution in [0.1, 0.15) is 16.6 Å². The lowest BCUT2D eigenvalue weighted by Crippen LogP contribution is -2.29. The third-order valence-corrected chi connectivity index (χ3v) is 4.28. The van der Waals surface area contributed by atoms with Crippen LogP contribution in [0.4, 0.5) is 10.7 Å². The van der Waals surface area contributed by atoms with E-state index in [0.717, 1.165) is 0 Å². The lowest BCUT2D eigenvalue weighted by atomic mass is 10.2. The minimum Gasteiger partial charge on any atom is -0.454 e. The third kappa shape index (κ3) is 3.69. The number of nitrogens with one attached hydrogen (secondary N) is 1. The summed E-state index contributed by atoms with van der Waals surface area (Å²) in [5.74, 6) is -0.255. The molecule has 0 saturated heterocycles. The standard InChI is InChI=1S/C15H12N2O7S/c1-8(24-15(19)12-4-5-13(25-12)17(20)21)14(18)16-9-2-3-10-11(6-9)23-7-22-10/h2-6,8H,7H2,1H3,(H,16,18)/t8-/m1/s1. The minimum absolute atomic E-state index is 0.0504. The van der Waals surface area contributed by atoms with Crippen LogP contribution in [0.25, 0.3) is 0 Å². The predicted molar refractivity (Wildman–Crippen MR) is 87.0 cm³/mol. The minimum atomic E-state index is -1.08. The van der Waals surface area contributed by atoms with Gasteiger partial charge in [-0.25, -0.2) is 4.79 Å². The highest BCUT2D eigenvalue weighted by atomic mass is 32.1. The maximum atomic E-state index is 12.1. The number of fused-ring (bicyclic) bond motifs is 1. The van der Waals surface area contributed by atoms with Gasteiger partial charge in [0.2, 0.25) is 6.79 Å². The Morgan fingerprint density at radius 2 is 2.04 bits per heavy atom. The molecule has 0 bridgehead atoms. The zero-order chi connectivity index (χ0) is 18.0. The average molecular weight is 364 g/mol. The van der Waals surface area contributed by atoms with E-state index < -0.39 is 22.9 Å². The summed E-state index contributed by atoms with van der Waals surface area (Å²) in [4.78, 5) is 34.2. The van der Waals surface area contributed by atoms with Crippen molar-refractivity contribution in [1.82, 2.24) is 0 Å². The molecule has 0 saturated carbocycles. The number of hydrogen-bond acceptors (Lipinski definition) is 8. The molecule has 1 aromatic carbocycles. The highest BCUT2D eigenvalue weighted by molar-refractivity contribution is 7.17. The first-order chi connectivity index (χ1) is 11.9. The first-order valence-electron chi connectivity index (χ1n) is 7.10. The SMILES string of the molecule is C[C@@H](OC(=O)c1ccc([N+](=O)[O-])s1)C(=O)Nc1ccc2c(c1)OCO2. The molecule has 0 radical (unpaired) electrons. The molecular formula is C15H12N2O7S. The number of esters is 1. The number of nitro groups is 1. The number of ether oxygens (including phenoxy) is 3. The van der Waals surface area contributed by atoms with Crippen molar-refractivity contribution < 1.29 is 28.7 Å². The molecule has 0 unspecified atom stereocenters. The molecule has 1 amide bonds. The number of carbonyl (C=O) groups excluding carboxylic acids is 2.